The van der Waals surface area contributed by atoms with E-state index in [-0.39, 0.29) is 78.5 Å². The predicted octanol–water partition coefficient (Wildman–Crippen LogP) is 4.23. The molecule has 4 rings (SSSR count). The van der Waals surface area contributed by atoms with E-state index in [0.717, 1.165) is 24.3 Å². The number of nitrogens with one attached hydrogen (secondary N) is 1. The molecule has 1 fully saturated rings. The van der Waals surface area contributed by atoms with Crippen LogP contribution in [0.4, 0.5) is 21.0 Å². The maximum Gasteiger partial charge on any atom is 0.513 e. The van der Waals surface area contributed by atoms with Gasteiger partial charge in [0.15, 0.2) is 0 Å². The Bertz CT molecular complexity index is 1460. The molecule has 0 bridgehead atoms. The van der Waals surface area contributed by atoms with Crippen molar-refractivity contribution in [3.05, 3.63) is 80.9 Å². The number of benzene rings is 2. The lowest BCUT2D eigenvalue weighted by Gasteiger charge is -2.31. The van der Waals surface area contributed by atoms with Gasteiger partial charge in [-0.05, 0) is 55.9 Å². The maximum absolute atomic E-state index is 13.2. The number of ether oxygens (including phenoxy) is 4. The predicted molar refractivity (Wildman–Crippen MR) is 163 cm³/mol. The lowest BCUT2D eigenvalue weighted by atomic mass is 9.81. The molecule has 1 aliphatic carbocycles. The van der Waals surface area contributed by atoms with Crippen molar-refractivity contribution in [2.45, 2.75) is 44.6 Å². The number of imide groups is 1. The third-order valence-corrected chi connectivity index (χ3v) is 7.78. The van der Waals surface area contributed by atoms with E-state index in [9.17, 15) is 44.2 Å². The minimum absolute atomic E-state index is 0.0284. The van der Waals surface area contributed by atoms with E-state index in [2.05, 4.69) is 5.32 Å². The number of nitro benzene ring substituents is 2. The molecule has 1 aliphatic heterocycles. The monoisotopic (exact) mass is 668 g/mol. The fourth-order valence-corrected chi connectivity index (χ4v) is 5.18. The third-order valence-electron chi connectivity index (χ3n) is 7.78. The Labute approximate surface area is 273 Å². The summed E-state index contributed by atoms with van der Waals surface area (Å²) in [6, 6.07) is 9.00. The molecule has 17 nitrogen and oxygen atoms in total. The van der Waals surface area contributed by atoms with Crippen LogP contribution in [0.15, 0.2) is 60.7 Å². The zero-order valence-electron chi connectivity index (χ0n) is 25.5. The molecular formula is C31H32N4O13. The zero-order chi connectivity index (χ0) is 34.6. The number of nitro groups is 2. The van der Waals surface area contributed by atoms with Crippen LogP contribution >= 0.6 is 0 Å². The van der Waals surface area contributed by atoms with E-state index in [1.165, 1.54) is 41.3 Å². The molecule has 17 heteroatoms. The summed E-state index contributed by atoms with van der Waals surface area (Å²) >= 11 is 0. The highest BCUT2D eigenvalue weighted by Gasteiger charge is 2.32. The normalized spacial score (nSPS) is 17.1. The first kappa shape index (κ1) is 35.0. The van der Waals surface area contributed by atoms with Gasteiger partial charge in [-0.15, -0.1) is 0 Å². The van der Waals surface area contributed by atoms with Crippen LogP contribution in [-0.2, 0) is 23.9 Å². The van der Waals surface area contributed by atoms with Crippen LogP contribution in [0.5, 0.6) is 11.5 Å². The highest BCUT2D eigenvalue weighted by Crippen LogP contribution is 2.30. The minimum Gasteiger partial charge on any atom is -0.434 e. The van der Waals surface area contributed by atoms with E-state index < -0.39 is 28.2 Å². The largest absolute Gasteiger partial charge is 0.513 e. The van der Waals surface area contributed by atoms with Crippen LogP contribution in [0.25, 0.3) is 0 Å². The van der Waals surface area contributed by atoms with Crippen molar-refractivity contribution in [2.24, 2.45) is 11.8 Å². The fourth-order valence-electron chi connectivity index (χ4n) is 5.18. The highest BCUT2D eigenvalue weighted by atomic mass is 16.7. The minimum atomic E-state index is -1.07. The summed E-state index contributed by atoms with van der Waals surface area (Å²) in [6.07, 6.45) is 2.89. The van der Waals surface area contributed by atoms with Gasteiger partial charge in [0, 0.05) is 67.8 Å². The Morgan fingerprint density at radius 3 is 1.60 bits per heavy atom. The standard InChI is InChI=1S/C31H32N4O13/c36-27-13-14-28(37)33(27)19-20-1-3-21(4-2-20)29(38)32-22(15-17-45-30(39)47-25-9-5-23(6-10-25)34(41)42)16-18-46-31(40)48-26-11-7-24(8-12-26)35(43)44/h5-14,20-22H,1-4,15-19H2,(H,32,38). The molecule has 1 heterocycles. The number of amides is 3. The van der Waals surface area contributed by atoms with E-state index in [1.54, 1.807) is 0 Å². The Kier molecular flexibility index (Phi) is 12.1. The average molecular weight is 669 g/mol. The molecule has 2 aromatic carbocycles. The van der Waals surface area contributed by atoms with Crippen molar-refractivity contribution < 1.29 is 52.8 Å². The molecule has 0 unspecified atom stereocenters. The highest BCUT2D eigenvalue weighted by molar-refractivity contribution is 6.12. The first-order valence-corrected chi connectivity index (χ1v) is 15.0. The van der Waals surface area contributed by atoms with Crippen LogP contribution in [0, 0.1) is 32.1 Å². The fraction of sp³-hybridized carbons (Fsp3) is 0.387. The first-order valence-electron chi connectivity index (χ1n) is 15.0. The Hall–Kier alpha value is -5.87. The number of nitrogens with zero attached hydrogens (tertiary/aromatic N) is 3. The zero-order valence-corrected chi connectivity index (χ0v) is 25.5. The van der Waals surface area contributed by atoms with Crippen molar-refractivity contribution in [2.75, 3.05) is 19.8 Å². The Morgan fingerprint density at radius 2 is 1.19 bits per heavy atom. The number of rotatable bonds is 14. The summed E-state index contributed by atoms with van der Waals surface area (Å²) in [5.41, 5.74) is -0.369. The molecule has 2 aliphatic rings. The first-order chi connectivity index (χ1) is 23.0. The van der Waals surface area contributed by atoms with Crippen LogP contribution in [0.1, 0.15) is 38.5 Å². The second-order valence-electron chi connectivity index (χ2n) is 11.0. The lowest BCUT2D eigenvalue weighted by Crippen LogP contribution is -2.42. The van der Waals surface area contributed by atoms with Gasteiger partial charge >= 0.3 is 12.3 Å². The van der Waals surface area contributed by atoms with Crippen molar-refractivity contribution in [1.82, 2.24) is 10.2 Å². The molecule has 3 amide bonds. The van der Waals surface area contributed by atoms with Gasteiger partial charge in [-0.2, -0.15) is 0 Å². The van der Waals surface area contributed by atoms with E-state index >= 15 is 0 Å². The summed E-state index contributed by atoms with van der Waals surface area (Å²) in [6.45, 7) is -0.0897. The van der Waals surface area contributed by atoms with E-state index in [4.69, 9.17) is 18.9 Å². The lowest BCUT2D eigenvalue weighted by molar-refractivity contribution is -0.385. The number of non-ortho nitro benzene ring substituents is 2. The van der Waals surface area contributed by atoms with Gasteiger partial charge in [0.05, 0.1) is 23.1 Å². The van der Waals surface area contributed by atoms with Gasteiger partial charge < -0.3 is 24.3 Å². The second kappa shape index (κ2) is 16.6. The molecule has 48 heavy (non-hydrogen) atoms. The van der Waals surface area contributed by atoms with Crippen LogP contribution in [0.3, 0.4) is 0 Å². The van der Waals surface area contributed by atoms with Crippen LogP contribution < -0.4 is 14.8 Å². The molecule has 2 aromatic rings. The molecule has 0 saturated heterocycles. The molecule has 254 valence electrons. The van der Waals surface area contributed by atoms with Crippen molar-refractivity contribution in [3.63, 3.8) is 0 Å². The summed E-state index contributed by atoms with van der Waals surface area (Å²) in [4.78, 5) is 82.9. The Balaban J connectivity index is 1.26. The molecule has 0 atom stereocenters. The summed E-state index contributed by atoms with van der Waals surface area (Å²) < 4.78 is 20.3. The van der Waals surface area contributed by atoms with Gasteiger partial charge in [0.25, 0.3) is 23.2 Å². The number of carbonyl (C=O) groups is 5. The number of hydrogen-bond donors (Lipinski definition) is 1. The summed E-state index contributed by atoms with van der Waals surface area (Å²) in [7, 11) is 0. The number of carbonyl (C=O) groups excluding carboxylic acids is 5. The summed E-state index contributed by atoms with van der Waals surface area (Å²) in [5, 5.41) is 24.5. The van der Waals surface area contributed by atoms with Crippen LogP contribution in [0.2, 0.25) is 0 Å². The third kappa shape index (κ3) is 10.3. The molecule has 1 saturated carbocycles. The van der Waals surface area contributed by atoms with Crippen LogP contribution in [-0.4, -0.2) is 70.6 Å². The molecule has 1 N–H and O–H groups in total. The average Bonchev–Trinajstić information content (AvgIpc) is 3.37. The van der Waals surface area contributed by atoms with Gasteiger partial charge in [0.1, 0.15) is 11.5 Å². The molecular weight excluding hydrogens is 636 g/mol. The topological polar surface area (TPSA) is 224 Å². The smallest absolute Gasteiger partial charge is 0.434 e. The van der Waals surface area contributed by atoms with E-state index in [0.29, 0.717) is 32.2 Å². The molecule has 0 spiro atoms. The van der Waals surface area contributed by atoms with Crippen molar-refractivity contribution in [1.29, 1.82) is 0 Å². The van der Waals surface area contributed by atoms with Gasteiger partial charge in [-0.25, -0.2) is 9.59 Å². The van der Waals surface area contributed by atoms with Crippen molar-refractivity contribution >= 4 is 41.4 Å². The van der Waals surface area contributed by atoms with E-state index in [1.807, 2.05) is 0 Å². The van der Waals surface area contributed by atoms with Gasteiger partial charge in [-0.1, -0.05) is 0 Å². The summed E-state index contributed by atoms with van der Waals surface area (Å²) in [5.74, 6) is -1.16. The SMILES string of the molecule is O=C(OCCC(CCOC(=O)Oc1ccc([N+](=O)[O-])cc1)NC(=O)C1CCC(CN2C(=O)C=CC2=O)CC1)Oc1ccc([N+](=O)[O-])cc1. The Morgan fingerprint density at radius 1 is 0.750 bits per heavy atom. The van der Waals surface area contributed by atoms with Crippen molar-refractivity contribution in [3.8, 4) is 11.5 Å². The van der Waals surface area contributed by atoms with Gasteiger partial charge in [-0.3, -0.25) is 39.5 Å². The number of hydrogen-bond acceptors (Lipinski definition) is 13. The molecule has 0 radical (unpaired) electrons. The maximum atomic E-state index is 13.2. The quantitative estimate of drug-likeness (QED) is 0.0979. The second-order valence-corrected chi connectivity index (χ2v) is 11.0. The molecule has 0 aromatic heterocycles. The van der Waals surface area contributed by atoms with Gasteiger partial charge in [0.2, 0.25) is 5.91 Å².